The minimum Gasteiger partial charge on any atom is -0.475 e. The van der Waals surface area contributed by atoms with Crippen LogP contribution < -0.4 is 11.4 Å². The van der Waals surface area contributed by atoms with Crippen molar-refractivity contribution in [3.63, 3.8) is 0 Å². The van der Waals surface area contributed by atoms with Gasteiger partial charge in [0.15, 0.2) is 5.17 Å². The Labute approximate surface area is 228 Å². The predicted molar refractivity (Wildman–Crippen MR) is 147 cm³/mol. The van der Waals surface area contributed by atoms with Gasteiger partial charge in [-0.25, -0.2) is 9.59 Å². The number of fused-ring (bicyclic) bond motifs is 2. The minimum absolute atomic E-state index is 0.113. The fraction of sp³-hybridized carbons (Fsp3) is 0.154. The zero-order valence-corrected chi connectivity index (χ0v) is 21.4. The van der Waals surface area contributed by atoms with Gasteiger partial charge in [-0.15, -0.1) is 0 Å². The molecule has 0 radical (unpaired) electrons. The first-order valence-corrected chi connectivity index (χ1v) is 12.7. The number of carboxylic acids is 1. The number of nitrogens with zero attached hydrogens (tertiary/aromatic N) is 3. The van der Waals surface area contributed by atoms with Gasteiger partial charge in [-0.1, -0.05) is 48.2 Å². The maximum Gasteiger partial charge on any atom is 0.490 e. The number of hydrogen-bond acceptors (Lipinski definition) is 5. The van der Waals surface area contributed by atoms with Gasteiger partial charge < -0.3 is 20.4 Å². The van der Waals surface area contributed by atoms with Crippen molar-refractivity contribution in [1.29, 1.82) is 10.7 Å². The van der Waals surface area contributed by atoms with Gasteiger partial charge >= 0.3 is 17.8 Å². The van der Waals surface area contributed by atoms with Crippen LogP contribution in [-0.4, -0.2) is 47.3 Å². The molecule has 5 rings (SSSR count). The van der Waals surface area contributed by atoms with Crippen molar-refractivity contribution in [3.8, 4) is 23.0 Å². The van der Waals surface area contributed by atoms with E-state index in [1.807, 2.05) is 54.7 Å². The van der Waals surface area contributed by atoms with Crippen LogP contribution in [-0.2, 0) is 11.3 Å². The third-order valence-electron chi connectivity index (χ3n) is 5.90. The molecule has 0 aliphatic rings. The zero-order chi connectivity index (χ0) is 29.0. The lowest BCUT2D eigenvalue weighted by Crippen LogP contribution is -2.21. The number of nitrogens with one attached hydrogen (secondary N) is 3. The van der Waals surface area contributed by atoms with Crippen molar-refractivity contribution in [2.75, 3.05) is 5.75 Å². The largest absolute Gasteiger partial charge is 0.490 e. The normalized spacial score (nSPS) is 11.2. The van der Waals surface area contributed by atoms with E-state index >= 15 is 0 Å². The van der Waals surface area contributed by atoms with E-state index in [0.29, 0.717) is 11.4 Å². The highest BCUT2D eigenvalue weighted by Gasteiger charge is 2.38. The number of halogens is 3. The average Bonchev–Trinajstić information content (AvgIpc) is 3.59. The lowest BCUT2D eigenvalue weighted by Gasteiger charge is -2.06. The van der Waals surface area contributed by atoms with Gasteiger partial charge in [0.25, 0.3) is 0 Å². The molecule has 10 nitrogen and oxygen atoms in total. The Morgan fingerprint density at radius 1 is 1.15 bits per heavy atom. The zero-order valence-electron chi connectivity index (χ0n) is 20.6. The van der Waals surface area contributed by atoms with Crippen LogP contribution in [0.25, 0.3) is 38.8 Å². The first-order valence-electron chi connectivity index (χ1n) is 11.7. The van der Waals surface area contributed by atoms with Crippen LogP contribution >= 0.6 is 11.8 Å². The number of nitrogens with two attached hydrogens (primary N) is 1. The van der Waals surface area contributed by atoms with Crippen LogP contribution in [0.5, 0.6) is 0 Å². The van der Waals surface area contributed by atoms with E-state index in [2.05, 4.69) is 20.6 Å². The van der Waals surface area contributed by atoms with E-state index in [-0.39, 0.29) is 16.6 Å². The van der Waals surface area contributed by atoms with Crippen LogP contribution in [0.4, 0.5) is 13.2 Å². The van der Waals surface area contributed by atoms with Crippen molar-refractivity contribution in [3.05, 3.63) is 77.1 Å². The highest BCUT2D eigenvalue weighted by molar-refractivity contribution is 8.13. The average molecular weight is 570 g/mol. The molecule has 0 bridgehead atoms. The maximum atomic E-state index is 13.1. The van der Waals surface area contributed by atoms with Crippen molar-refractivity contribution >= 4 is 44.7 Å². The Bertz CT molecular complexity index is 1810. The van der Waals surface area contributed by atoms with Gasteiger partial charge in [-0.05, 0) is 18.6 Å². The summed E-state index contributed by atoms with van der Waals surface area (Å²) in [7, 11) is 0. The number of para-hydroxylation sites is 2. The summed E-state index contributed by atoms with van der Waals surface area (Å²) in [6.45, 7) is 0.727. The second kappa shape index (κ2) is 11.5. The molecule has 0 fully saturated rings. The smallest absolute Gasteiger partial charge is 0.475 e. The fourth-order valence-electron chi connectivity index (χ4n) is 4.28. The molecule has 0 aliphatic heterocycles. The molecular formula is C26H22F3N7O3S. The number of carbonyl (C=O) groups is 1. The number of aromatic amines is 2. The van der Waals surface area contributed by atoms with Crippen molar-refractivity contribution in [2.45, 2.75) is 19.1 Å². The summed E-state index contributed by atoms with van der Waals surface area (Å²) in [5, 5.41) is 26.3. The van der Waals surface area contributed by atoms with Crippen LogP contribution in [0, 0.1) is 16.7 Å². The Morgan fingerprint density at radius 3 is 2.45 bits per heavy atom. The molecule has 3 heterocycles. The third kappa shape index (κ3) is 5.74. The summed E-state index contributed by atoms with van der Waals surface area (Å²) in [4.78, 5) is 27.9. The molecule has 0 saturated carbocycles. The number of rotatable bonds is 6. The second-order valence-electron chi connectivity index (χ2n) is 8.44. The lowest BCUT2D eigenvalue weighted by atomic mass is 10.1. The van der Waals surface area contributed by atoms with Gasteiger partial charge in [0.05, 0.1) is 11.4 Å². The van der Waals surface area contributed by atoms with Crippen LogP contribution in [0.15, 0.2) is 65.7 Å². The predicted octanol–water partition coefficient (Wildman–Crippen LogP) is 4.79. The molecule has 0 saturated heterocycles. The maximum absolute atomic E-state index is 13.1. The molecular weight excluding hydrogens is 547 g/mol. The van der Waals surface area contributed by atoms with Crippen LogP contribution in [0.3, 0.4) is 0 Å². The van der Waals surface area contributed by atoms with Gasteiger partial charge in [0.1, 0.15) is 11.8 Å². The van der Waals surface area contributed by atoms with Gasteiger partial charge in [0, 0.05) is 52.1 Å². The standard InChI is InChI=1S/C24H21N7OS.C2HF3O2/c25-12-19-22(31(24(32)29-19)21-13-28-18-8-3-1-7-16(18)21)17-14-30(10-5-11-33-23(26)27)20-9-4-2-6-15(17)20;3-2(4,5)1(6)7/h1-4,6-9,13-14,28H,5,10-11H2,(H3,26,27)(H,29,32);(H,6,7). The van der Waals surface area contributed by atoms with E-state index in [1.165, 1.54) is 11.8 Å². The summed E-state index contributed by atoms with van der Waals surface area (Å²) in [6, 6.07) is 17.9. The minimum atomic E-state index is -5.08. The molecule has 5 aromatic rings. The highest BCUT2D eigenvalue weighted by Crippen LogP contribution is 2.34. The number of nitriles is 1. The SMILES string of the molecule is N#Cc1[nH]c(=O)n(-c2c[nH]c3ccccc23)c1-c1cn(CCCSC(=N)N)c2ccccc12.O=C(O)C(F)(F)F. The highest BCUT2D eigenvalue weighted by atomic mass is 32.2. The van der Waals surface area contributed by atoms with Crippen molar-refractivity contribution in [2.24, 2.45) is 5.73 Å². The summed E-state index contributed by atoms with van der Waals surface area (Å²) >= 11 is 1.32. The number of thioether (sulfide) groups is 1. The number of benzene rings is 2. The quantitative estimate of drug-likeness (QED) is 0.112. The summed E-state index contributed by atoms with van der Waals surface area (Å²) in [6.07, 6.45) is -0.462. The van der Waals surface area contributed by atoms with E-state index in [1.54, 1.807) is 10.8 Å². The number of aliphatic carboxylic acids is 1. The molecule has 0 amide bonds. The van der Waals surface area contributed by atoms with Crippen molar-refractivity contribution in [1.82, 2.24) is 19.1 Å². The summed E-state index contributed by atoms with van der Waals surface area (Å²) < 4.78 is 35.4. The molecule has 14 heteroatoms. The van der Waals surface area contributed by atoms with E-state index in [4.69, 9.17) is 21.0 Å². The lowest BCUT2D eigenvalue weighted by molar-refractivity contribution is -0.192. The molecule has 40 heavy (non-hydrogen) atoms. The van der Waals surface area contributed by atoms with Crippen LogP contribution in [0.1, 0.15) is 12.1 Å². The third-order valence-corrected chi connectivity index (χ3v) is 6.71. The molecule has 0 aliphatic carbocycles. The van der Waals surface area contributed by atoms with Gasteiger partial charge in [-0.3, -0.25) is 15.0 Å². The molecule has 206 valence electrons. The van der Waals surface area contributed by atoms with E-state index < -0.39 is 12.1 Å². The molecule has 3 aromatic heterocycles. The molecule has 0 spiro atoms. The topological polar surface area (TPSA) is 169 Å². The first kappa shape index (κ1) is 28.1. The van der Waals surface area contributed by atoms with E-state index in [9.17, 15) is 23.2 Å². The fourth-order valence-corrected chi connectivity index (χ4v) is 4.77. The number of alkyl halides is 3. The second-order valence-corrected chi connectivity index (χ2v) is 9.58. The summed E-state index contributed by atoms with van der Waals surface area (Å²) in [5.41, 5.74) is 9.29. The van der Waals surface area contributed by atoms with E-state index in [0.717, 1.165) is 46.1 Å². The molecule has 2 aromatic carbocycles. The van der Waals surface area contributed by atoms with Gasteiger partial charge in [0.2, 0.25) is 0 Å². The Balaban J connectivity index is 0.000000470. The number of hydrogen-bond donors (Lipinski definition) is 5. The number of imidazole rings is 1. The number of aryl methyl sites for hydroxylation is 1. The number of amidine groups is 1. The van der Waals surface area contributed by atoms with Gasteiger partial charge in [-0.2, -0.15) is 18.4 Å². The number of H-pyrrole nitrogens is 2. The molecule has 0 unspecified atom stereocenters. The monoisotopic (exact) mass is 569 g/mol. The van der Waals surface area contributed by atoms with Crippen molar-refractivity contribution < 1.29 is 23.1 Å². The first-order chi connectivity index (χ1) is 19.0. The molecule has 6 N–H and O–H groups in total. The number of carboxylic acid groups (broad SMARTS) is 1. The Kier molecular flexibility index (Phi) is 8.05. The van der Waals surface area contributed by atoms with Crippen LogP contribution in [0.2, 0.25) is 0 Å². The Morgan fingerprint density at radius 2 is 1.80 bits per heavy atom. The summed E-state index contributed by atoms with van der Waals surface area (Å²) in [5.74, 6) is -2.02. The molecule has 0 atom stereocenters. The Hall–Kier alpha value is -4.90. The number of aromatic nitrogens is 4.